The summed E-state index contributed by atoms with van der Waals surface area (Å²) in [7, 11) is 3.14. The van der Waals surface area contributed by atoms with Crippen LogP contribution in [-0.2, 0) is 14.3 Å². The van der Waals surface area contributed by atoms with Crippen molar-refractivity contribution in [2.45, 2.75) is 12.5 Å². The summed E-state index contributed by atoms with van der Waals surface area (Å²) in [5.74, 6) is -0.892. The van der Waals surface area contributed by atoms with Crippen molar-refractivity contribution in [3.05, 3.63) is 69.7 Å². The van der Waals surface area contributed by atoms with E-state index in [1.54, 1.807) is 38.5 Å². The number of nitrogens with zero attached hydrogens (tertiary/aromatic N) is 1. The zero-order valence-corrected chi connectivity index (χ0v) is 17.8. The van der Waals surface area contributed by atoms with Crippen LogP contribution in [0.5, 0.6) is 5.75 Å². The van der Waals surface area contributed by atoms with E-state index in [4.69, 9.17) is 9.47 Å². The van der Waals surface area contributed by atoms with Crippen LogP contribution in [0.25, 0.3) is 5.76 Å². The summed E-state index contributed by atoms with van der Waals surface area (Å²) < 4.78 is 11.1. The highest BCUT2D eigenvalue weighted by Crippen LogP contribution is 2.40. The van der Waals surface area contributed by atoms with Crippen LogP contribution in [0.15, 0.2) is 58.6 Å². The number of carbonyl (C=O) groups excluding carboxylic acids is 2. The molecule has 0 spiro atoms. The molecule has 1 saturated heterocycles. The first-order valence-electron chi connectivity index (χ1n) is 9.15. The molecule has 2 aromatic carbocycles. The molecule has 0 bridgehead atoms. The predicted octanol–water partition coefficient (Wildman–Crippen LogP) is 3.92. The highest BCUT2D eigenvalue weighted by Gasteiger charge is 2.45. The maximum absolute atomic E-state index is 12.9. The Balaban J connectivity index is 2.10. The molecule has 1 aliphatic heterocycles. The molecule has 29 heavy (non-hydrogen) atoms. The molecule has 1 atom stereocenters. The van der Waals surface area contributed by atoms with E-state index in [1.165, 1.54) is 4.90 Å². The molecule has 0 aromatic heterocycles. The number of hydrogen-bond donors (Lipinski definition) is 1. The van der Waals surface area contributed by atoms with E-state index in [0.29, 0.717) is 30.9 Å². The van der Waals surface area contributed by atoms with Crippen LogP contribution >= 0.6 is 15.9 Å². The third-order valence-corrected chi connectivity index (χ3v) is 5.31. The molecule has 1 N–H and O–H groups in total. The Bertz CT molecular complexity index is 938. The van der Waals surface area contributed by atoms with E-state index in [2.05, 4.69) is 15.9 Å². The maximum Gasteiger partial charge on any atom is 0.295 e. The molecule has 0 radical (unpaired) electrons. The number of ether oxygens (including phenoxy) is 2. The van der Waals surface area contributed by atoms with Gasteiger partial charge in [0.05, 0.1) is 18.7 Å². The van der Waals surface area contributed by atoms with Gasteiger partial charge in [0.2, 0.25) is 0 Å². The van der Waals surface area contributed by atoms with E-state index < -0.39 is 17.7 Å². The van der Waals surface area contributed by atoms with Crippen molar-refractivity contribution < 1.29 is 24.2 Å². The second-order valence-corrected chi connectivity index (χ2v) is 7.54. The van der Waals surface area contributed by atoms with E-state index in [1.807, 2.05) is 24.3 Å². The number of hydrogen-bond acceptors (Lipinski definition) is 5. The molecule has 6 nitrogen and oxygen atoms in total. The Morgan fingerprint density at radius 1 is 1.14 bits per heavy atom. The lowest BCUT2D eigenvalue weighted by atomic mass is 9.95. The molecule has 2 aromatic rings. The summed E-state index contributed by atoms with van der Waals surface area (Å²) in [6.07, 6.45) is 0.580. The molecule has 0 aliphatic carbocycles. The zero-order valence-electron chi connectivity index (χ0n) is 16.2. The lowest BCUT2D eigenvalue weighted by Crippen LogP contribution is -2.31. The molecule has 0 unspecified atom stereocenters. The Kier molecular flexibility index (Phi) is 6.71. The number of ketones is 1. The molecule has 1 aliphatic rings. The van der Waals surface area contributed by atoms with Gasteiger partial charge < -0.3 is 19.5 Å². The Hall–Kier alpha value is -2.64. The van der Waals surface area contributed by atoms with Crippen LogP contribution in [-0.4, -0.2) is 49.1 Å². The summed E-state index contributed by atoms with van der Waals surface area (Å²) in [6.45, 7) is 0.807. The maximum atomic E-state index is 12.9. The largest absolute Gasteiger partial charge is 0.507 e. The number of Topliss-reactive ketones (excluding diaryl/α,β-unsaturated/α-hetero) is 1. The van der Waals surface area contributed by atoms with Gasteiger partial charge in [0, 0.05) is 30.3 Å². The van der Waals surface area contributed by atoms with Gasteiger partial charge >= 0.3 is 0 Å². The summed E-state index contributed by atoms with van der Waals surface area (Å²) in [4.78, 5) is 27.1. The van der Waals surface area contributed by atoms with Gasteiger partial charge in [0.25, 0.3) is 11.7 Å². The topological polar surface area (TPSA) is 76.1 Å². The minimum atomic E-state index is -0.694. The second kappa shape index (κ2) is 9.24. The standard InChI is InChI=1S/C22H22BrNO5/c1-28-12-4-11-24-19(15-5-3-6-16(23)13-15)18(21(26)22(24)27)20(25)14-7-9-17(29-2)10-8-14/h3,5-10,13,19,25H,4,11-12H2,1-2H3/b20-18+/t19-/m1/s1. The fourth-order valence-electron chi connectivity index (χ4n) is 3.42. The van der Waals surface area contributed by atoms with Crippen LogP contribution in [0, 0.1) is 0 Å². The van der Waals surface area contributed by atoms with Gasteiger partial charge in [-0.05, 0) is 48.4 Å². The average Bonchev–Trinajstić information content (AvgIpc) is 2.98. The van der Waals surface area contributed by atoms with Crippen LogP contribution in [0.1, 0.15) is 23.6 Å². The molecule has 1 heterocycles. The average molecular weight is 460 g/mol. The van der Waals surface area contributed by atoms with Gasteiger partial charge in [-0.25, -0.2) is 0 Å². The number of amides is 1. The number of rotatable bonds is 7. The molecule has 1 fully saturated rings. The molecule has 0 saturated carbocycles. The van der Waals surface area contributed by atoms with Crippen molar-refractivity contribution in [2.75, 3.05) is 27.4 Å². The van der Waals surface area contributed by atoms with Gasteiger partial charge in [-0.1, -0.05) is 28.1 Å². The van der Waals surface area contributed by atoms with Gasteiger partial charge in [-0.15, -0.1) is 0 Å². The minimum Gasteiger partial charge on any atom is -0.507 e. The number of aliphatic hydroxyl groups excluding tert-OH is 1. The lowest BCUT2D eigenvalue weighted by Gasteiger charge is -2.25. The molecule has 3 rings (SSSR count). The van der Waals surface area contributed by atoms with E-state index >= 15 is 0 Å². The quantitative estimate of drug-likeness (QED) is 0.294. The number of aliphatic hydroxyl groups is 1. The van der Waals surface area contributed by atoms with Crippen molar-refractivity contribution in [3.8, 4) is 5.75 Å². The van der Waals surface area contributed by atoms with Crippen molar-refractivity contribution in [2.24, 2.45) is 0 Å². The van der Waals surface area contributed by atoms with Gasteiger partial charge in [-0.3, -0.25) is 9.59 Å². The summed E-state index contributed by atoms with van der Waals surface area (Å²) in [6, 6.07) is 13.4. The normalized spacial score (nSPS) is 18.3. The van der Waals surface area contributed by atoms with Crippen molar-refractivity contribution in [1.82, 2.24) is 4.90 Å². The number of likely N-dealkylation sites (tertiary alicyclic amines) is 1. The number of carbonyl (C=O) groups is 2. The fraction of sp³-hybridized carbons (Fsp3) is 0.273. The first-order chi connectivity index (χ1) is 14.0. The van der Waals surface area contributed by atoms with Crippen LogP contribution in [0.2, 0.25) is 0 Å². The van der Waals surface area contributed by atoms with Crippen LogP contribution < -0.4 is 4.74 Å². The molecule has 1 amide bonds. The van der Waals surface area contributed by atoms with E-state index in [0.717, 1.165) is 10.0 Å². The summed E-state index contributed by atoms with van der Waals surface area (Å²) in [5.41, 5.74) is 1.27. The van der Waals surface area contributed by atoms with E-state index in [9.17, 15) is 14.7 Å². The van der Waals surface area contributed by atoms with E-state index in [-0.39, 0.29) is 11.3 Å². The van der Waals surface area contributed by atoms with Gasteiger partial charge in [0.1, 0.15) is 11.5 Å². The highest BCUT2D eigenvalue weighted by molar-refractivity contribution is 9.10. The Morgan fingerprint density at radius 3 is 2.48 bits per heavy atom. The molecular formula is C22H22BrNO5. The minimum absolute atomic E-state index is 0.0793. The van der Waals surface area contributed by atoms with Crippen LogP contribution in [0.4, 0.5) is 0 Å². The first-order valence-corrected chi connectivity index (χ1v) is 9.94. The van der Waals surface area contributed by atoms with Crippen molar-refractivity contribution in [1.29, 1.82) is 0 Å². The highest BCUT2D eigenvalue weighted by atomic mass is 79.9. The van der Waals surface area contributed by atoms with Crippen LogP contribution in [0.3, 0.4) is 0 Å². The molecule has 152 valence electrons. The number of benzene rings is 2. The third kappa shape index (κ3) is 4.36. The second-order valence-electron chi connectivity index (χ2n) is 6.62. The monoisotopic (exact) mass is 459 g/mol. The number of halogens is 1. The summed E-state index contributed by atoms with van der Waals surface area (Å²) >= 11 is 3.44. The summed E-state index contributed by atoms with van der Waals surface area (Å²) in [5, 5.41) is 11.0. The van der Waals surface area contributed by atoms with Gasteiger partial charge in [0.15, 0.2) is 0 Å². The van der Waals surface area contributed by atoms with Crippen molar-refractivity contribution in [3.63, 3.8) is 0 Å². The smallest absolute Gasteiger partial charge is 0.295 e. The first kappa shape index (κ1) is 21.1. The predicted molar refractivity (Wildman–Crippen MR) is 113 cm³/mol. The molecule has 7 heteroatoms. The zero-order chi connectivity index (χ0) is 21.0. The van der Waals surface area contributed by atoms with Gasteiger partial charge in [-0.2, -0.15) is 0 Å². The van der Waals surface area contributed by atoms with Crippen molar-refractivity contribution >= 4 is 33.4 Å². The fourth-order valence-corrected chi connectivity index (χ4v) is 3.83. The third-order valence-electron chi connectivity index (χ3n) is 4.82. The Morgan fingerprint density at radius 2 is 1.86 bits per heavy atom. The number of methoxy groups -OCH3 is 2. The Labute approximate surface area is 177 Å². The lowest BCUT2D eigenvalue weighted by molar-refractivity contribution is -0.140. The molecular weight excluding hydrogens is 438 g/mol. The SMILES string of the molecule is COCCCN1C(=O)C(=O)/C(=C(/O)c2ccc(OC)cc2)[C@H]1c1cccc(Br)c1.